The molecule has 1 fully saturated rings. The highest BCUT2D eigenvalue weighted by atomic mass is 16.6. The molecular formula is C35H49N3O7. The third-order valence-corrected chi connectivity index (χ3v) is 7.38. The summed E-state index contributed by atoms with van der Waals surface area (Å²) in [5.74, 6) is -2.28. The van der Waals surface area contributed by atoms with Gasteiger partial charge in [0.25, 0.3) is 0 Å². The number of nitrogens with zero attached hydrogens (tertiary/aromatic N) is 1. The van der Waals surface area contributed by atoms with Crippen LogP contribution in [0.4, 0.5) is 4.79 Å². The van der Waals surface area contributed by atoms with Crippen molar-refractivity contribution in [3.8, 4) is 5.75 Å². The molecule has 0 aliphatic heterocycles. The molecule has 0 heterocycles. The molecular weight excluding hydrogens is 574 g/mol. The predicted octanol–water partition coefficient (Wildman–Crippen LogP) is 5.43. The van der Waals surface area contributed by atoms with Gasteiger partial charge in [0.15, 0.2) is 0 Å². The van der Waals surface area contributed by atoms with E-state index in [0.717, 1.165) is 12.0 Å². The van der Waals surface area contributed by atoms with Crippen molar-refractivity contribution in [3.63, 3.8) is 0 Å². The zero-order chi connectivity index (χ0) is 33.5. The number of phenols is 1. The average Bonchev–Trinajstić information content (AvgIpc) is 2.89. The summed E-state index contributed by atoms with van der Waals surface area (Å²) in [4.78, 5) is 56.6. The SMILES string of the molecule is CC(C)C(NC(=O)OC(C)(C)C)C(=O)N(C1CCC1)C(C(=O)NC(Cc1ccccc1)C(=O)OC(C)(C)C)c1ccccc1O. The number of amides is 3. The fraction of sp³-hybridized carbons (Fsp3) is 0.543. The monoisotopic (exact) mass is 623 g/mol. The van der Waals surface area contributed by atoms with E-state index in [1.54, 1.807) is 73.6 Å². The molecule has 10 nitrogen and oxygen atoms in total. The minimum Gasteiger partial charge on any atom is -0.508 e. The molecule has 10 heteroatoms. The molecule has 3 rings (SSSR count). The highest BCUT2D eigenvalue weighted by molar-refractivity contribution is 5.94. The number of para-hydroxylation sites is 1. The van der Waals surface area contributed by atoms with Gasteiger partial charge in [-0.1, -0.05) is 62.4 Å². The van der Waals surface area contributed by atoms with Crippen molar-refractivity contribution in [2.45, 2.75) is 116 Å². The summed E-state index contributed by atoms with van der Waals surface area (Å²) in [5.41, 5.74) is -0.575. The number of phenolic OH excluding ortho intramolecular Hbond substituents is 1. The summed E-state index contributed by atoms with van der Waals surface area (Å²) in [6, 6.07) is 11.9. The first-order valence-corrected chi connectivity index (χ1v) is 15.6. The van der Waals surface area contributed by atoms with Crippen LogP contribution in [-0.4, -0.2) is 63.2 Å². The van der Waals surface area contributed by atoms with Crippen LogP contribution in [0.3, 0.4) is 0 Å². The van der Waals surface area contributed by atoms with Crippen molar-refractivity contribution >= 4 is 23.9 Å². The van der Waals surface area contributed by atoms with Gasteiger partial charge in [0.05, 0.1) is 0 Å². The topological polar surface area (TPSA) is 134 Å². The molecule has 0 aromatic heterocycles. The first-order valence-electron chi connectivity index (χ1n) is 15.6. The van der Waals surface area contributed by atoms with Gasteiger partial charge in [0.1, 0.15) is 35.1 Å². The van der Waals surface area contributed by atoms with E-state index in [-0.39, 0.29) is 29.7 Å². The number of alkyl carbamates (subject to hydrolysis) is 1. The molecule has 0 radical (unpaired) electrons. The highest BCUT2D eigenvalue weighted by Crippen LogP contribution is 2.37. The number of rotatable bonds is 11. The molecule has 2 aromatic rings. The largest absolute Gasteiger partial charge is 0.508 e. The third-order valence-electron chi connectivity index (χ3n) is 7.38. The Labute approximate surface area is 266 Å². The molecule has 0 saturated heterocycles. The van der Waals surface area contributed by atoms with Crippen LogP contribution in [0.5, 0.6) is 5.75 Å². The molecule has 3 N–H and O–H groups in total. The molecule has 3 amide bonds. The number of esters is 1. The summed E-state index contributed by atoms with van der Waals surface area (Å²) < 4.78 is 11.1. The molecule has 1 aliphatic rings. The van der Waals surface area contributed by atoms with Crippen LogP contribution in [0.25, 0.3) is 0 Å². The zero-order valence-corrected chi connectivity index (χ0v) is 27.8. The first kappa shape index (κ1) is 35.4. The van der Waals surface area contributed by atoms with Crippen LogP contribution in [0.2, 0.25) is 0 Å². The van der Waals surface area contributed by atoms with Crippen molar-refractivity contribution in [1.29, 1.82) is 0 Å². The second-order valence-electron chi connectivity index (χ2n) is 13.9. The Bertz CT molecular complexity index is 1330. The fourth-order valence-corrected chi connectivity index (χ4v) is 5.09. The van der Waals surface area contributed by atoms with E-state index >= 15 is 0 Å². The number of ether oxygens (including phenoxy) is 2. The second kappa shape index (κ2) is 14.8. The molecule has 3 atom stereocenters. The molecule has 3 unspecified atom stereocenters. The van der Waals surface area contributed by atoms with Gasteiger partial charge in [-0.05, 0) is 78.4 Å². The Morgan fingerprint density at radius 2 is 1.44 bits per heavy atom. The Balaban J connectivity index is 2.06. The van der Waals surface area contributed by atoms with Gasteiger partial charge in [-0.3, -0.25) is 9.59 Å². The van der Waals surface area contributed by atoms with Crippen molar-refractivity contribution in [3.05, 3.63) is 65.7 Å². The van der Waals surface area contributed by atoms with Crippen molar-refractivity contribution in [2.24, 2.45) is 5.92 Å². The first-order chi connectivity index (χ1) is 21.0. The molecule has 246 valence electrons. The van der Waals surface area contributed by atoms with Gasteiger partial charge in [0.2, 0.25) is 11.8 Å². The lowest BCUT2D eigenvalue weighted by molar-refractivity contribution is -0.159. The summed E-state index contributed by atoms with van der Waals surface area (Å²) in [7, 11) is 0. The molecule has 45 heavy (non-hydrogen) atoms. The molecule has 0 spiro atoms. The summed E-state index contributed by atoms with van der Waals surface area (Å²) in [5, 5.41) is 16.6. The maximum Gasteiger partial charge on any atom is 0.408 e. The minimum atomic E-state index is -1.30. The lowest BCUT2D eigenvalue weighted by Crippen LogP contribution is -2.59. The van der Waals surface area contributed by atoms with E-state index in [2.05, 4.69) is 10.6 Å². The average molecular weight is 624 g/mol. The van der Waals surface area contributed by atoms with Gasteiger partial charge in [-0.2, -0.15) is 0 Å². The normalized spacial score (nSPS) is 15.7. The van der Waals surface area contributed by atoms with Crippen LogP contribution in [0, 0.1) is 5.92 Å². The number of carbonyl (C=O) groups excluding carboxylic acids is 4. The van der Waals surface area contributed by atoms with Crippen LogP contribution >= 0.6 is 0 Å². The fourth-order valence-electron chi connectivity index (χ4n) is 5.09. The van der Waals surface area contributed by atoms with E-state index in [1.807, 2.05) is 30.3 Å². The van der Waals surface area contributed by atoms with Crippen molar-refractivity contribution < 1.29 is 33.8 Å². The van der Waals surface area contributed by atoms with E-state index in [0.29, 0.717) is 12.8 Å². The summed E-state index contributed by atoms with van der Waals surface area (Å²) in [6.07, 6.45) is 1.53. The number of aromatic hydroxyl groups is 1. The zero-order valence-electron chi connectivity index (χ0n) is 27.8. The van der Waals surface area contributed by atoms with Gasteiger partial charge in [0, 0.05) is 18.0 Å². The van der Waals surface area contributed by atoms with Gasteiger partial charge in [-0.25, -0.2) is 9.59 Å². The van der Waals surface area contributed by atoms with E-state index in [9.17, 15) is 24.3 Å². The maximum atomic E-state index is 14.5. The Kier molecular flexibility index (Phi) is 11.6. The quantitative estimate of drug-likeness (QED) is 0.284. The smallest absolute Gasteiger partial charge is 0.408 e. The van der Waals surface area contributed by atoms with E-state index < -0.39 is 53.2 Å². The standard InChI is InChI=1S/C35H49N3O7/c1-22(2)28(37-33(43)45-35(6,7)8)31(41)38(24-17-14-18-24)29(25-19-12-13-20-27(25)39)30(40)36-26(32(42)44-34(3,4)5)21-23-15-10-9-11-16-23/h9-13,15-16,19-20,22,24,26,28-29,39H,14,17-18,21H2,1-8H3,(H,36,40)(H,37,43). The minimum absolute atomic E-state index is 0.154. The molecule has 1 aliphatic carbocycles. The summed E-state index contributed by atoms with van der Waals surface area (Å²) in [6.45, 7) is 14.0. The van der Waals surface area contributed by atoms with Crippen molar-refractivity contribution in [1.82, 2.24) is 15.5 Å². The summed E-state index contributed by atoms with van der Waals surface area (Å²) >= 11 is 0. The molecule has 0 bridgehead atoms. The van der Waals surface area contributed by atoms with E-state index in [1.165, 1.54) is 11.0 Å². The number of nitrogens with one attached hydrogen (secondary N) is 2. The lowest BCUT2D eigenvalue weighted by Gasteiger charge is -2.44. The predicted molar refractivity (Wildman–Crippen MR) is 171 cm³/mol. The third kappa shape index (κ3) is 10.2. The Morgan fingerprint density at radius 1 is 0.867 bits per heavy atom. The number of hydrogen-bond acceptors (Lipinski definition) is 7. The van der Waals surface area contributed by atoms with Crippen molar-refractivity contribution in [2.75, 3.05) is 0 Å². The van der Waals surface area contributed by atoms with Crippen LogP contribution in [0.1, 0.15) is 91.8 Å². The maximum absolute atomic E-state index is 14.5. The van der Waals surface area contributed by atoms with Crippen LogP contribution < -0.4 is 10.6 Å². The van der Waals surface area contributed by atoms with E-state index in [4.69, 9.17) is 9.47 Å². The molecule has 2 aromatic carbocycles. The molecule has 1 saturated carbocycles. The number of benzene rings is 2. The van der Waals surface area contributed by atoms with Crippen LogP contribution in [0.15, 0.2) is 54.6 Å². The highest BCUT2D eigenvalue weighted by Gasteiger charge is 2.44. The lowest BCUT2D eigenvalue weighted by atomic mass is 9.87. The Hall–Kier alpha value is -4.08. The number of carbonyl (C=O) groups is 4. The van der Waals surface area contributed by atoms with Crippen LogP contribution in [-0.2, 0) is 30.3 Å². The number of hydrogen-bond donors (Lipinski definition) is 3. The van der Waals surface area contributed by atoms with Gasteiger partial charge >= 0.3 is 12.1 Å². The van der Waals surface area contributed by atoms with Gasteiger partial charge < -0.3 is 30.1 Å². The van der Waals surface area contributed by atoms with Gasteiger partial charge in [-0.15, -0.1) is 0 Å². The second-order valence-corrected chi connectivity index (χ2v) is 13.9. The Morgan fingerprint density at radius 3 is 1.96 bits per heavy atom.